The summed E-state index contributed by atoms with van der Waals surface area (Å²) in [6.45, 7) is 0. The minimum Gasteiger partial charge on any atom is -0.497 e. The molecule has 7 heteroatoms. The lowest BCUT2D eigenvalue weighted by Gasteiger charge is -2.02. The van der Waals surface area contributed by atoms with Crippen molar-refractivity contribution < 1.29 is 13.7 Å². The molecule has 0 saturated carbocycles. The highest BCUT2D eigenvalue weighted by Crippen LogP contribution is 2.25. The van der Waals surface area contributed by atoms with Crippen LogP contribution in [0.25, 0.3) is 23.0 Å². The zero-order valence-corrected chi connectivity index (χ0v) is 11.4. The fraction of sp³-hybridized carbons (Fsp3) is 0.0667. The summed E-state index contributed by atoms with van der Waals surface area (Å²) >= 11 is 0. The van der Waals surface area contributed by atoms with E-state index < -0.39 is 5.82 Å². The van der Waals surface area contributed by atoms with Gasteiger partial charge in [-0.2, -0.15) is 10.2 Å². The van der Waals surface area contributed by atoms with Gasteiger partial charge in [-0.05, 0) is 30.3 Å². The van der Waals surface area contributed by atoms with Gasteiger partial charge in [0.25, 0.3) is 5.89 Å². The molecule has 0 unspecified atom stereocenters. The van der Waals surface area contributed by atoms with Gasteiger partial charge in [0.2, 0.25) is 5.82 Å². The van der Waals surface area contributed by atoms with E-state index in [1.807, 2.05) is 6.07 Å². The third kappa shape index (κ3) is 2.62. The first-order valence-corrected chi connectivity index (χ1v) is 6.25. The zero-order chi connectivity index (χ0) is 15.5. The Morgan fingerprint density at radius 1 is 1.27 bits per heavy atom. The molecule has 0 bridgehead atoms. The van der Waals surface area contributed by atoms with Gasteiger partial charge in [-0.3, -0.25) is 0 Å². The van der Waals surface area contributed by atoms with E-state index >= 15 is 0 Å². The molecule has 2 aromatic heterocycles. The van der Waals surface area contributed by atoms with Crippen LogP contribution in [0.1, 0.15) is 5.56 Å². The second-order valence-electron chi connectivity index (χ2n) is 4.35. The number of nitriles is 1. The first kappa shape index (κ1) is 13.7. The molecule has 1 aromatic carbocycles. The smallest absolute Gasteiger partial charge is 0.276 e. The summed E-state index contributed by atoms with van der Waals surface area (Å²) in [5.41, 5.74) is 1.36. The van der Waals surface area contributed by atoms with Crippen molar-refractivity contribution in [3.63, 3.8) is 0 Å². The molecule has 0 aliphatic heterocycles. The van der Waals surface area contributed by atoms with E-state index in [2.05, 4.69) is 15.1 Å². The Balaban J connectivity index is 2.00. The van der Waals surface area contributed by atoms with Gasteiger partial charge in [0, 0.05) is 5.56 Å². The van der Waals surface area contributed by atoms with E-state index in [9.17, 15) is 4.39 Å². The summed E-state index contributed by atoms with van der Waals surface area (Å²) in [5.74, 6) is 0.517. The van der Waals surface area contributed by atoms with Crippen LogP contribution >= 0.6 is 0 Å². The van der Waals surface area contributed by atoms with Crippen LogP contribution in [-0.2, 0) is 0 Å². The molecule has 0 spiro atoms. The SMILES string of the molecule is COc1cc(C#N)cc(-c2noc(-c3ccc(F)cn3)n2)c1. The third-order valence-corrected chi connectivity index (χ3v) is 2.90. The van der Waals surface area contributed by atoms with Crippen molar-refractivity contribution in [3.05, 3.63) is 47.9 Å². The number of hydrogen-bond donors (Lipinski definition) is 0. The molecule has 108 valence electrons. The van der Waals surface area contributed by atoms with Gasteiger partial charge in [-0.1, -0.05) is 5.16 Å². The minimum absolute atomic E-state index is 0.163. The number of ether oxygens (including phenoxy) is 1. The van der Waals surface area contributed by atoms with E-state index in [-0.39, 0.29) is 11.7 Å². The Morgan fingerprint density at radius 2 is 2.14 bits per heavy atom. The molecule has 0 amide bonds. The van der Waals surface area contributed by atoms with E-state index in [1.165, 1.54) is 19.2 Å². The van der Waals surface area contributed by atoms with Crippen molar-refractivity contribution in [2.75, 3.05) is 7.11 Å². The molecule has 0 aliphatic carbocycles. The van der Waals surface area contributed by atoms with Gasteiger partial charge in [-0.15, -0.1) is 0 Å². The standard InChI is InChI=1S/C15H9FN4O2/c1-21-12-5-9(7-17)4-10(6-12)14-19-15(22-20-14)13-3-2-11(16)8-18-13/h2-6,8H,1H3. The van der Waals surface area contributed by atoms with Crippen LogP contribution in [0.2, 0.25) is 0 Å². The number of benzene rings is 1. The number of methoxy groups -OCH3 is 1. The Hall–Kier alpha value is -3.27. The molecule has 22 heavy (non-hydrogen) atoms. The molecular weight excluding hydrogens is 287 g/mol. The molecule has 0 radical (unpaired) electrons. The maximum Gasteiger partial charge on any atom is 0.276 e. The summed E-state index contributed by atoms with van der Waals surface area (Å²) in [6, 6.07) is 9.65. The normalized spacial score (nSPS) is 10.2. The lowest BCUT2D eigenvalue weighted by Crippen LogP contribution is -1.89. The van der Waals surface area contributed by atoms with Crippen LogP contribution < -0.4 is 4.74 Å². The lowest BCUT2D eigenvalue weighted by molar-refractivity contribution is 0.414. The lowest BCUT2D eigenvalue weighted by atomic mass is 10.1. The number of nitrogens with zero attached hydrogens (tertiary/aromatic N) is 4. The van der Waals surface area contributed by atoms with Gasteiger partial charge >= 0.3 is 0 Å². The van der Waals surface area contributed by atoms with Crippen LogP contribution in [-0.4, -0.2) is 22.2 Å². The van der Waals surface area contributed by atoms with Crippen molar-refractivity contribution in [2.45, 2.75) is 0 Å². The molecule has 0 saturated heterocycles. The van der Waals surface area contributed by atoms with Gasteiger partial charge in [-0.25, -0.2) is 9.37 Å². The molecule has 2 heterocycles. The molecular formula is C15H9FN4O2. The average Bonchev–Trinajstić information content (AvgIpc) is 3.05. The first-order valence-electron chi connectivity index (χ1n) is 6.25. The fourth-order valence-electron chi connectivity index (χ4n) is 1.86. The maximum absolute atomic E-state index is 12.9. The van der Waals surface area contributed by atoms with Crippen molar-refractivity contribution in [1.82, 2.24) is 15.1 Å². The maximum atomic E-state index is 12.9. The van der Waals surface area contributed by atoms with Gasteiger partial charge in [0.05, 0.1) is 24.9 Å². The largest absolute Gasteiger partial charge is 0.497 e. The highest BCUT2D eigenvalue weighted by molar-refractivity contribution is 5.62. The van der Waals surface area contributed by atoms with E-state index in [0.717, 1.165) is 6.20 Å². The summed E-state index contributed by atoms with van der Waals surface area (Å²) in [6.07, 6.45) is 1.07. The monoisotopic (exact) mass is 296 g/mol. The topological polar surface area (TPSA) is 84.8 Å². The molecule has 0 atom stereocenters. The van der Waals surface area contributed by atoms with Gasteiger partial charge in [0.1, 0.15) is 17.3 Å². The summed E-state index contributed by atoms with van der Waals surface area (Å²) in [7, 11) is 1.50. The van der Waals surface area contributed by atoms with Crippen molar-refractivity contribution in [2.24, 2.45) is 0 Å². The predicted molar refractivity (Wildman–Crippen MR) is 74.2 cm³/mol. The van der Waals surface area contributed by atoms with Crippen molar-refractivity contribution in [1.29, 1.82) is 5.26 Å². The summed E-state index contributed by atoms with van der Waals surface area (Å²) in [5, 5.41) is 12.9. The van der Waals surface area contributed by atoms with Crippen molar-refractivity contribution in [3.8, 4) is 34.8 Å². The zero-order valence-electron chi connectivity index (χ0n) is 11.4. The summed E-state index contributed by atoms with van der Waals surface area (Å²) < 4.78 is 23.1. The fourth-order valence-corrected chi connectivity index (χ4v) is 1.86. The Kier molecular flexibility index (Phi) is 3.50. The average molecular weight is 296 g/mol. The van der Waals surface area contributed by atoms with E-state index in [0.29, 0.717) is 22.6 Å². The molecule has 0 fully saturated rings. The Labute approximate surface area is 124 Å². The molecule has 6 nitrogen and oxygen atoms in total. The number of halogens is 1. The number of pyridine rings is 1. The van der Waals surface area contributed by atoms with Crippen LogP contribution in [0.15, 0.2) is 41.1 Å². The third-order valence-electron chi connectivity index (χ3n) is 2.90. The molecule has 0 aliphatic rings. The number of rotatable bonds is 3. The first-order chi connectivity index (χ1) is 10.7. The predicted octanol–water partition coefficient (Wildman–Crippen LogP) is 2.82. The Morgan fingerprint density at radius 3 is 2.82 bits per heavy atom. The second kappa shape index (κ2) is 5.61. The van der Waals surface area contributed by atoms with Gasteiger partial charge < -0.3 is 9.26 Å². The molecule has 3 aromatic rings. The minimum atomic E-state index is -0.449. The van der Waals surface area contributed by atoms with E-state index in [4.69, 9.17) is 14.5 Å². The highest BCUT2D eigenvalue weighted by atomic mass is 19.1. The van der Waals surface area contributed by atoms with Crippen LogP contribution in [0.5, 0.6) is 5.75 Å². The molecule has 3 rings (SSSR count). The van der Waals surface area contributed by atoms with Gasteiger partial charge in [0.15, 0.2) is 0 Å². The highest BCUT2D eigenvalue weighted by Gasteiger charge is 2.13. The second-order valence-corrected chi connectivity index (χ2v) is 4.35. The van der Waals surface area contributed by atoms with E-state index in [1.54, 1.807) is 18.2 Å². The number of hydrogen-bond acceptors (Lipinski definition) is 6. The van der Waals surface area contributed by atoms with Crippen molar-refractivity contribution >= 4 is 0 Å². The van der Waals surface area contributed by atoms with Crippen LogP contribution in [0, 0.1) is 17.1 Å². The van der Waals surface area contributed by atoms with Crippen LogP contribution in [0.3, 0.4) is 0 Å². The summed E-state index contributed by atoms with van der Waals surface area (Å²) in [4.78, 5) is 8.08. The quantitative estimate of drug-likeness (QED) is 0.738. The molecule has 0 N–H and O–H groups in total. The Bertz CT molecular complexity index is 853. The van der Waals surface area contributed by atoms with Crippen LogP contribution in [0.4, 0.5) is 4.39 Å². The number of aromatic nitrogens is 3.